The Bertz CT molecular complexity index is 675. The fraction of sp³-hybridized carbons (Fsp3) is 0.524. The molecule has 0 bridgehead atoms. The molecule has 0 saturated heterocycles. The summed E-state index contributed by atoms with van der Waals surface area (Å²) in [5.74, 6) is 0.390. The third-order valence-corrected chi connectivity index (χ3v) is 6.29. The average Bonchev–Trinajstić information content (AvgIpc) is 2.92. The summed E-state index contributed by atoms with van der Waals surface area (Å²) >= 11 is 4.67. The molecule has 27 heavy (non-hydrogen) atoms. The number of carbonyl (C=O) groups excluding carboxylic acids is 2. The number of benzene rings is 1. The largest absolute Gasteiger partial charge is 0.486 e. The summed E-state index contributed by atoms with van der Waals surface area (Å²) < 4.78 is 6.33. The Morgan fingerprint density at radius 1 is 1.15 bits per heavy atom. The molecule has 0 radical (unpaired) electrons. The Hall–Kier alpha value is -1.27. The predicted octanol–water partition coefficient (Wildman–Crippen LogP) is 6.07. The predicted molar refractivity (Wildman–Crippen MR) is 116 cm³/mol. The number of anilines is 1. The van der Waals surface area contributed by atoms with Gasteiger partial charge in [0.05, 0.1) is 4.75 Å². The first-order valence-electron chi connectivity index (χ1n) is 9.56. The first-order valence-corrected chi connectivity index (χ1v) is 11.2. The van der Waals surface area contributed by atoms with Crippen molar-refractivity contribution in [2.75, 3.05) is 11.9 Å². The molecule has 0 spiro atoms. The Morgan fingerprint density at radius 2 is 1.81 bits per heavy atom. The smallest absolute Gasteiger partial charge is 0.262 e. The van der Waals surface area contributed by atoms with E-state index >= 15 is 0 Å². The van der Waals surface area contributed by atoms with Crippen molar-refractivity contribution < 1.29 is 14.3 Å². The summed E-state index contributed by atoms with van der Waals surface area (Å²) in [6.07, 6.45) is 9.68. The lowest BCUT2D eigenvalue weighted by Gasteiger charge is -2.26. The van der Waals surface area contributed by atoms with E-state index in [1.54, 1.807) is 0 Å². The van der Waals surface area contributed by atoms with Gasteiger partial charge in [-0.15, -0.1) is 0 Å². The van der Waals surface area contributed by atoms with Crippen LogP contribution in [-0.4, -0.2) is 22.4 Å². The van der Waals surface area contributed by atoms with Crippen LogP contribution < -0.4 is 5.32 Å². The summed E-state index contributed by atoms with van der Waals surface area (Å²) in [6.45, 7) is 4.15. The zero-order valence-corrected chi connectivity index (χ0v) is 18.5. The molecule has 1 aromatic rings. The van der Waals surface area contributed by atoms with Crippen LogP contribution in [0.2, 0.25) is 0 Å². The molecule has 1 atom stereocenters. The van der Waals surface area contributed by atoms with Crippen LogP contribution in [0, 0.1) is 0 Å². The van der Waals surface area contributed by atoms with E-state index in [9.17, 15) is 9.59 Å². The molecule has 1 unspecified atom stereocenters. The zero-order chi connectivity index (χ0) is 19.7. The maximum absolute atomic E-state index is 12.1. The second-order valence-corrected chi connectivity index (χ2v) is 9.45. The Labute approximate surface area is 174 Å². The van der Waals surface area contributed by atoms with Crippen LogP contribution >= 0.6 is 27.7 Å². The third kappa shape index (κ3) is 7.34. The number of rotatable bonds is 11. The Morgan fingerprint density at radius 3 is 2.52 bits per heavy atom. The van der Waals surface area contributed by atoms with E-state index in [-0.39, 0.29) is 22.4 Å². The van der Waals surface area contributed by atoms with E-state index in [0.717, 1.165) is 17.3 Å². The van der Waals surface area contributed by atoms with Crippen molar-refractivity contribution in [2.24, 2.45) is 0 Å². The van der Waals surface area contributed by atoms with Gasteiger partial charge in [-0.1, -0.05) is 73.1 Å². The normalized spacial score (nSPS) is 19.1. The highest BCUT2D eigenvalue weighted by Gasteiger charge is 2.39. The molecule has 1 aliphatic rings. The minimum absolute atomic E-state index is 0.00630. The second-order valence-electron chi connectivity index (χ2n) is 7.02. The van der Waals surface area contributed by atoms with Crippen molar-refractivity contribution in [2.45, 2.75) is 63.5 Å². The molecule has 6 heteroatoms. The summed E-state index contributed by atoms with van der Waals surface area (Å²) in [4.78, 5) is 24.1. The van der Waals surface area contributed by atoms with Gasteiger partial charge in [-0.2, -0.15) is 0 Å². The van der Waals surface area contributed by atoms with Gasteiger partial charge in [0.2, 0.25) is 5.12 Å². The van der Waals surface area contributed by atoms with Gasteiger partial charge in [0.15, 0.2) is 6.61 Å². The molecule has 0 aliphatic carbocycles. The van der Waals surface area contributed by atoms with Crippen molar-refractivity contribution in [3.8, 4) is 0 Å². The fourth-order valence-corrected chi connectivity index (χ4v) is 4.39. The summed E-state index contributed by atoms with van der Waals surface area (Å²) in [6, 6.07) is 7.36. The first kappa shape index (κ1) is 22.0. The number of nitrogens with one attached hydrogen (secondary N) is 1. The number of hydrogen-bond acceptors (Lipinski definition) is 4. The lowest BCUT2D eigenvalue weighted by molar-refractivity contribution is -0.119. The number of halogens is 1. The topological polar surface area (TPSA) is 55.4 Å². The van der Waals surface area contributed by atoms with Gasteiger partial charge in [0.1, 0.15) is 5.76 Å². The lowest BCUT2D eigenvalue weighted by Crippen LogP contribution is -2.26. The van der Waals surface area contributed by atoms with E-state index in [0.29, 0.717) is 11.4 Å². The number of ether oxygens (including phenoxy) is 1. The van der Waals surface area contributed by atoms with Crippen LogP contribution in [0.4, 0.5) is 5.69 Å². The molecule has 4 nitrogen and oxygen atoms in total. The van der Waals surface area contributed by atoms with Gasteiger partial charge < -0.3 is 10.1 Å². The van der Waals surface area contributed by atoms with Crippen LogP contribution in [0.5, 0.6) is 0 Å². The molecule has 0 saturated carbocycles. The number of thioether (sulfide) groups is 1. The molecule has 2 rings (SSSR count). The van der Waals surface area contributed by atoms with Crippen LogP contribution in [-0.2, 0) is 14.3 Å². The van der Waals surface area contributed by atoms with Gasteiger partial charge >= 0.3 is 0 Å². The summed E-state index contributed by atoms with van der Waals surface area (Å²) in [7, 11) is 0. The van der Waals surface area contributed by atoms with Gasteiger partial charge in [-0.3, -0.25) is 9.59 Å². The molecular formula is C21H28BrNO3S. The third-order valence-electron chi connectivity index (χ3n) is 4.59. The molecule has 1 N–H and O–H groups in total. The zero-order valence-electron chi connectivity index (χ0n) is 16.1. The van der Waals surface area contributed by atoms with Crippen molar-refractivity contribution in [1.29, 1.82) is 0 Å². The number of hydrogen-bond donors (Lipinski definition) is 1. The number of amides is 1. The molecular weight excluding hydrogens is 426 g/mol. The van der Waals surface area contributed by atoms with E-state index in [1.165, 1.54) is 49.9 Å². The van der Waals surface area contributed by atoms with Crippen LogP contribution in [0.15, 0.2) is 40.6 Å². The quantitative estimate of drug-likeness (QED) is 0.413. The van der Waals surface area contributed by atoms with Crippen molar-refractivity contribution in [3.05, 3.63) is 40.6 Å². The molecule has 1 heterocycles. The minimum atomic E-state index is -0.361. The van der Waals surface area contributed by atoms with Gasteiger partial charge in [-0.05, 0) is 37.6 Å². The molecule has 1 amide bonds. The molecule has 1 aromatic carbocycles. The van der Waals surface area contributed by atoms with E-state index in [4.69, 9.17) is 4.74 Å². The fourth-order valence-electron chi connectivity index (χ4n) is 3.05. The van der Waals surface area contributed by atoms with E-state index in [1.807, 2.05) is 31.2 Å². The maximum Gasteiger partial charge on any atom is 0.262 e. The minimum Gasteiger partial charge on any atom is -0.486 e. The highest BCUT2D eigenvalue weighted by atomic mass is 79.9. The van der Waals surface area contributed by atoms with E-state index < -0.39 is 0 Å². The summed E-state index contributed by atoms with van der Waals surface area (Å²) in [5.41, 5.74) is 0.715. The average molecular weight is 454 g/mol. The SMILES string of the molecule is CCCCCCCCC1(C)SC(=O)C=C1OCC(=O)Nc1ccc(Br)cc1. The van der Waals surface area contributed by atoms with Crippen molar-refractivity contribution in [3.63, 3.8) is 0 Å². The maximum atomic E-state index is 12.1. The standard InChI is InChI=1S/C21H28BrNO3S/c1-3-4-5-6-7-8-13-21(2)18(14-20(25)27-21)26-15-19(24)23-17-11-9-16(22)10-12-17/h9-12,14H,3-8,13,15H2,1-2H3,(H,23,24). The van der Waals surface area contributed by atoms with Gasteiger partial charge in [-0.25, -0.2) is 0 Å². The van der Waals surface area contributed by atoms with Crippen molar-refractivity contribution in [1.82, 2.24) is 0 Å². The van der Waals surface area contributed by atoms with Crippen LogP contribution in [0.3, 0.4) is 0 Å². The number of carbonyl (C=O) groups is 2. The molecule has 148 valence electrons. The molecule has 0 fully saturated rings. The lowest BCUT2D eigenvalue weighted by atomic mass is 9.99. The highest BCUT2D eigenvalue weighted by molar-refractivity contribution is 9.10. The first-order chi connectivity index (χ1) is 12.9. The second kappa shape index (κ2) is 10.9. The summed E-state index contributed by atoms with van der Waals surface area (Å²) in [5, 5.41) is 2.81. The van der Waals surface area contributed by atoms with Gasteiger partial charge in [0.25, 0.3) is 5.91 Å². The number of unbranched alkanes of at least 4 members (excludes halogenated alkanes) is 5. The van der Waals surface area contributed by atoms with E-state index in [2.05, 4.69) is 28.2 Å². The highest BCUT2D eigenvalue weighted by Crippen LogP contribution is 2.44. The Balaban J connectivity index is 1.80. The Kier molecular flexibility index (Phi) is 8.90. The van der Waals surface area contributed by atoms with Crippen molar-refractivity contribution >= 4 is 44.4 Å². The van der Waals surface area contributed by atoms with Gasteiger partial charge in [0, 0.05) is 16.2 Å². The van der Waals surface area contributed by atoms with Crippen LogP contribution in [0.25, 0.3) is 0 Å². The molecule has 0 aromatic heterocycles. The molecule has 1 aliphatic heterocycles. The monoisotopic (exact) mass is 453 g/mol. The van der Waals surface area contributed by atoms with Crippen LogP contribution in [0.1, 0.15) is 58.8 Å².